The van der Waals surface area contributed by atoms with Gasteiger partial charge in [0.1, 0.15) is 5.75 Å². The van der Waals surface area contributed by atoms with Crippen LogP contribution in [-0.4, -0.2) is 38.5 Å². The second kappa shape index (κ2) is 11.4. The quantitative estimate of drug-likeness (QED) is 0.443. The Morgan fingerprint density at radius 2 is 1.29 bits per heavy atom. The molecule has 0 saturated heterocycles. The summed E-state index contributed by atoms with van der Waals surface area (Å²) in [4.78, 5) is 35.9. The van der Waals surface area contributed by atoms with E-state index in [1.807, 2.05) is 0 Å². The van der Waals surface area contributed by atoms with E-state index in [0.29, 0.717) is 39.9 Å². The molecular formula is C25H25N3O6. The summed E-state index contributed by atoms with van der Waals surface area (Å²) in [5.74, 6) is 0.440. The Hall–Kier alpha value is -4.53. The number of carbonyl (C=O) groups is 3. The summed E-state index contributed by atoms with van der Waals surface area (Å²) in [6.07, 6.45) is 0. The number of amides is 3. The van der Waals surface area contributed by atoms with Gasteiger partial charge in [0.15, 0.2) is 18.1 Å². The van der Waals surface area contributed by atoms with E-state index in [1.54, 1.807) is 67.8 Å². The third kappa shape index (κ3) is 6.73. The largest absolute Gasteiger partial charge is 0.497 e. The van der Waals surface area contributed by atoms with Crippen LogP contribution in [0, 0.1) is 0 Å². The zero-order chi connectivity index (χ0) is 24.5. The Labute approximate surface area is 197 Å². The Bertz CT molecular complexity index is 1160. The second-order valence-electron chi connectivity index (χ2n) is 7.14. The molecule has 0 heterocycles. The van der Waals surface area contributed by atoms with Crippen molar-refractivity contribution in [1.29, 1.82) is 0 Å². The SMILES string of the molecule is COc1ccc(NC(=O)COc2ccc(C(=O)Nc3ccc(NC(C)=O)cc3)cc2OC)cc1. The van der Waals surface area contributed by atoms with E-state index >= 15 is 0 Å². The fourth-order valence-electron chi connectivity index (χ4n) is 2.99. The summed E-state index contributed by atoms with van der Waals surface area (Å²) < 4.78 is 16.0. The first-order valence-electron chi connectivity index (χ1n) is 10.3. The van der Waals surface area contributed by atoms with Gasteiger partial charge < -0.3 is 30.2 Å². The van der Waals surface area contributed by atoms with Crippen molar-refractivity contribution in [2.24, 2.45) is 0 Å². The lowest BCUT2D eigenvalue weighted by Gasteiger charge is -2.13. The number of rotatable bonds is 9. The molecule has 3 rings (SSSR count). The molecule has 0 unspecified atom stereocenters. The van der Waals surface area contributed by atoms with Crippen molar-refractivity contribution in [3.63, 3.8) is 0 Å². The Morgan fingerprint density at radius 1 is 0.706 bits per heavy atom. The molecule has 0 fully saturated rings. The standard InChI is InChI=1S/C25H25N3O6/c1-16(29)26-18-5-7-20(8-6-18)28-25(31)17-4-13-22(23(14-17)33-3)34-15-24(30)27-19-9-11-21(32-2)12-10-19/h4-14H,15H2,1-3H3,(H,26,29)(H,27,30)(H,28,31). The molecule has 0 radical (unpaired) electrons. The van der Waals surface area contributed by atoms with Gasteiger partial charge in [-0.3, -0.25) is 14.4 Å². The average Bonchev–Trinajstić information content (AvgIpc) is 2.84. The molecule has 0 spiro atoms. The molecule has 176 valence electrons. The van der Waals surface area contributed by atoms with Crippen LogP contribution in [0.3, 0.4) is 0 Å². The first-order chi connectivity index (χ1) is 16.4. The van der Waals surface area contributed by atoms with E-state index in [4.69, 9.17) is 14.2 Å². The van der Waals surface area contributed by atoms with Crippen molar-refractivity contribution in [3.8, 4) is 17.2 Å². The van der Waals surface area contributed by atoms with E-state index in [0.717, 1.165) is 0 Å². The number of hydrogen-bond donors (Lipinski definition) is 3. The van der Waals surface area contributed by atoms with E-state index < -0.39 is 0 Å². The molecule has 3 N–H and O–H groups in total. The maximum Gasteiger partial charge on any atom is 0.262 e. The van der Waals surface area contributed by atoms with Crippen LogP contribution in [0.25, 0.3) is 0 Å². The molecule has 0 aliphatic carbocycles. The van der Waals surface area contributed by atoms with Crippen molar-refractivity contribution in [2.45, 2.75) is 6.92 Å². The highest BCUT2D eigenvalue weighted by Gasteiger charge is 2.13. The lowest BCUT2D eigenvalue weighted by Crippen LogP contribution is -2.20. The molecule has 3 aromatic carbocycles. The first-order valence-corrected chi connectivity index (χ1v) is 10.3. The average molecular weight is 463 g/mol. The van der Waals surface area contributed by atoms with Gasteiger partial charge in [0, 0.05) is 29.5 Å². The number of hydrogen-bond acceptors (Lipinski definition) is 6. The minimum atomic E-state index is -0.352. The van der Waals surface area contributed by atoms with E-state index in [1.165, 1.54) is 20.1 Å². The van der Waals surface area contributed by atoms with Crippen LogP contribution in [0.4, 0.5) is 17.1 Å². The van der Waals surface area contributed by atoms with Crippen LogP contribution in [0.1, 0.15) is 17.3 Å². The van der Waals surface area contributed by atoms with Crippen molar-refractivity contribution < 1.29 is 28.6 Å². The van der Waals surface area contributed by atoms with E-state index in [-0.39, 0.29) is 24.3 Å². The van der Waals surface area contributed by atoms with Crippen molar-refractivity contribution in [3.05, 3.63) is 72.3 Å². The Balaban J connectivity index is 1.59. The summed E-state index contributed by atoms with van der Waals surface area (Å²) in [6.45, 7) is 1.18. The molecule has 0 atom stereocenters. The normalized spacial score (nSPS) is 10.1. The summed E-state index contributed by atoms with van der Waals surface area (Å²) in [5, 5.41) is 8.16. The topological polar surface area (TPSA) is 115 Å². The van der Waals surface area contributed by atoms with Crippen LogP contribution in [0.5, 0.6) is 17.2 Å². The third-order valence-corrected chi connectivity index (χ3v) is 4.62. The fraction of sp³-hybridized carbons (Fsp3) is 0.160. The zero-order valence-corrected chi connectivity index (χ0v) is 19.0. The van der Waals surface area contributed by atoms with Gasteiger partial charge in [0.25, 0.3) is 11.8 Å². The van der Waals surface area contributed by atoms with Gasteiger partial charge in [-0.05, 0) is 66.7 Å². The van der Waals surface area contributed by atoms with Crippen LogP contribution >= 0.6 is 0 Å². The van der Waals surface area contributed by atoms with Gasteiger partial charge in [0.2, 0.25) is 5.91 Å². The van der Waals surface area contributed by atoms with Crippen molar-refractivity contribution in [1.82, 2.24) is 0 Å². The highest BCUT2D eigenvalue weighted by atomic mass is 16.5. The maximum atomic E-state index is 12.6. The predicted molar refractivity (Wildman–Crippen MR) is 129 cm³/mol. The van der Waals surface area contributed by atoms with Crippen LogP contribution < -0.4 is 30.2 Å². The van der Waals surface area contributed by atoms with Crippen LogP contribution in [0.15, 0.2) is 66.7 Å². The monoisotopic (exact) mass is 463 g/mol. The molecule has 9 nitrogen and oxygen atoms in total. The molecule has 0 aliphatic heterocycles. The van der Waals surface area contributed by atoms with E-state index in [2.05, 4.69) is 16.0 Å². The lowest BCUT2D eigenvalue weighted by molar-refractivity contribution is -0.118. The number of carbonyl (C=O) groups excluding carboxylic acids is 3. The molecule has 0 aromatic heterocycles. The number of nitrogens with one attached hydrogen (secondary N) is 3. The molecule has 0 saturated carbocycles. The molecule has 34 heavy (non-hydrogen) atoms. The number of benzene rings is 3. The predicted octanol–water partition coefficient (Wildman–Crippen LogP) is 3.93. The molecular weight excluding hydrogens is 438 g/mol. The maximum absolute atomic E-state index is 12.6. The minimum absolute atomic E-state index is 0.176. The summed E-state index contributed by atoms with van der Waals surface area (Å²) in [7, 11) is 3.01. The number of ether oxygens (including phenoxy) is 3. The van der Waals surface area contributed by atoms with Crippen LogP contribution in [-0.2, 0) is 9.59 Å². The minimum Gasteiger partial charge on any atom is -0.497 e. The third-order valence-electron chi connectivity index (χ3n) is 4.62. The highest BCUT2D eigenvalue weighted by Crippen LogP contribution is 2.28. The highest BCUT2D eigenvalue weighted by molar-refractivity contribution is 6.04. The zero-order valence-electron chi connectivity index (χ0n) is 19.0. The molecule has 9 heteroatoms. The molecule has 3 amide bonds. The Morgan fingerprint density at radius 3 is 1.88 bits per heavy atom. The van der Waals surface area contributed by atoms with Gasteiger partial charge in [0.05, 0.1) is 14.2 Å². The van der Waals surface area contributed by atoms with Gasteiger partial charge in [-0.15, -0.1) is 0 Å². The molecule has 0 aliphatic rings. The molecule has 0 bridgehead atoms. The summed E-state index contributed by atoms with van der Waals surface area (Å²) >= 11 is 0. The Kier molecular flexibility index (Phi) is 8.07. The summed E-state index contributed by atoms with van der Waals surface area (Å²) in [5.41, 5.74) is 2.15. The van der Waals surface area contributed by atoms with Gasteiger partial charge in [-0.2, -0.15) is 0 Å². The van der Waals surface area contributed by atoms with Gasteiger partial charge in [-0.1, -0.05) is 0 Å². The van der Waals surface area contributed by atoms with Crippen molar-refractivity contribution in [2.75, 3.05) is 36.8 Å². The lowest BCUT2D eigenvalue weighted by atomic mass is 10.1. The van der Waals surface area contributed by atoms with Gasteiger partial charge in [-0.25, -0.2) is 0 Å². The fourth-order valence-corrected chi connectivity index (χ4v) is 2.99. The first kappa shape index (κ1) is 24.1. The molecule has 3 aromatic rings. The second-order valence-corrected chi connectivity index (χ2v) is 7.14. The smallest absolute Gasteiger partial charge is 0.262 e. The van der Waals surface area contributed by atoms with Crippen LogP contribution in [0.2, 0.25) is 0 Å². The van der Waals surface area contributed by atoms with E-state index in [9.17, 15) is 14.4 Å². The number of methoxy groups -OCH3 is 2. The summed E-state index contributed by atoms with van der Waals surface area (Å²) in [6, 6.07) is 18.3. The van der Waals surface area contributed by atoms with Crippen molar-refractivity contribution >= 4 is 34.8 Å². The van der Waals surface area contributed by atoms with Gasteiger partial charge >= 0.3 is 0 Å². The number of anilines is 3.